The third-order valence-electron chi connectivity index (χ3n) is 4.00. The minimum absolute atomic E-state index is 0.0604. The molecule has 0 spiro atoms. The van der Waals surface area contributed by atoms with Gasteiger partial charge in [-0.3, -0.25) is 9.78 Å². The molecule has 27 heavy (non-hydrogen) atoms. The Balaban J connectivity index is 1.59. The predicted molar refractivity (Wildman–Crippen MR) is 95.8 cm³/mol. The van der Waals surface area contributed by atoms with E-state index in [9.17, 15) is 13.6 Å². The Morgan fingerprint density at radius 1 is 1.00 bits per heavy atom. The van der Waals surface area contributed by atoms with Crippen LogP contribution in [0.4, 0.5) is 8.78 Å². The molecule has 134 valence electrons. The maximum atomic E-state index is 13.4. The molecule has 2 heterocycles. The molecule has 7 heteroatoms. The van der Waals surface area contributed by atoms with E-state index >= 15 is 0 Å². The minimum Gasteiger partial charge on any atom is -0.487 e. The molecule has 0 radical (unpaired) electrons. The summed E-state index contributed by atoms with van der Waals surface area (Å²) in [6.07, 6.45) is 3.09. The molecule has 0 bridgehead atoms. The predicted octanol–water partition coefficient (Wildman–Crippen LogP) is 3.64. The molecule has 0 aliphatic heterocycles. The van der Waals surface area contributed by atoms with Crippen LogP contribution in [-0.2, 0) is 6.61 Å². The van der Waals surface area contributed by atoms with E-state index in [1.807, 2.05) is 24.3 Å². The van der Waals surface area contributed by atoms with Crippen molar-refractivity contribution in [1.82, 2.24) is 14.8 Å². The molecule has 0 fully saturated rings. The molecule has 2 aromatic heterocycles. The van der Waals surface area contributed by atoms with Gasteiger partial charge < -0.3 is 4.74 Å². The molecule has 0 aliphatic carbocycles. The van der Waals surface area contributed by atoms with Crippen molar-refractivity contribution in [3.05, 3.63) is 94.5 Å². The summed E-state index contributed by atoms with van der Waals surface area (Å²) in [7, 11) is 0. The van der Waals surface area contributed by atoms with Gasteiger partial charge >= 0.3 is 0 Å². The van der Waals surface area contributed by atoms with Gasteiger partial charge in [-0.25, -0.2) is 13.5 Å². The van der Waals surface area contributed by atoms with Crippen molar-refractivity contribution in [2.24, 2.45) is 0 Å². The number of rotatable bonds is 4. The summed E-state index contributed by atoms with van der Waals surface area (Å²) in [5, 5.41) is 5.08. The SMILES string of the molecule is O=c1ccn(-c2ccc(F)c(F)c2)nc1COc1ccc2ncccc2c1. The molecule has 0 saturated carbocycles. The van der Waals surface area contributed by atoms with Gasteiger partial charge in [0.1, 0.15) is 18.1 Å². The summed E-state index contributed by atoms with van der Waals surface area (Å²) in [6.45, 7) is -0.0604. The van der Waals surface area contributed by atoms with Crippen LogP contribution in [0.5, 0.6) is 5.75 Å². The van der Waals surface area contributed by atoms with Crippen LogP contribution in [0.1, 0.15) is 5.69 Å². The number of nitrogens with zero attached hydrogens (tertiary/aromatic N) is 3. The zero-order valence-corrected chi connectivity index (χ0v) is 14.0. The average Bonchev–Trinajstić information content (AvgIpc) is 2.69. The maximum absolute atomic E-state index is 13.4. The van der Waals surface area contributed by atoms with Crippen LogP contribution in [0, 0.1) is 11.6 Å². The van der Waals surface area contributed by atoms with Crippen molar-refractivity contribution in [3.63, 3.8) is 0 Å². The molecule has 2 aromatic carbocycles. The smallest absolute Gasteiger partial charge is 0.206 e. The molecule has 0 saturated heterocycles. The topological polar surface area (TPSA) is 57.0 Å². The van der Waals surface area contributed by atoms with E-state index in [1.54, 1.807) is 12.3 Å². The molecule has 4 rings (SSSR count). The van der Waals surface area contributed by atoms with Crippen LogP contribution in [0.15, 0.2) is 71.8 Å². The lowest BCUT2D eigenvalue weighted by Crippen LogP contribution is -2.18. The van der Waals surface area contributed by atoms with E-state index in [-0.39, 0.29) is 17.7 Å². The number of ether oxygens (including phenoxy) is 1. The molecule has 4 aromatic rings. The number of benzene rings is 2. The Morgan fingerprint density at radius 2 is 1.89 bits per heavy atom. The fourth-order valence-electron chi connectivity index (χ4n) is 2.61. The lowest BCUT2D eigenvalue weighted by atomic mass is 10.2. The number of halogens is 2. The first-order chi connectivity index (χ1) is 13.1. The molecule has 0 aliphatic rings. The zero-order chi connectivity index (χ0) is 18.8. The molecule has 0 amide bonds. The van der Waals surface area contributed by atoms with Crippen molar-refractivity contribution in [3.8, 4) is 11.4 Å². The highest BCUT2D eigenvalue weighted by Gasteiger charge is 2.08. The summed E-state index contributed by atoms with van der Waals surface area (Å²) in [5.41, 5.74) is 0.972. The van der Waals surface area contributed by atoms with Gasteiger partial charge in [0.15, 0.2) is 11.6 Å². The van der Waals surface area contributed by atoms with Gasteiger partial charge in [-0.1, -0.05) is 6.07 Å². The second kappa shape index (κ2) is 6.95. The number of pyridine rings is 1. The van der Waals surface area contributed by atoms with E-state index in [4.69, 9.17) is 4.74 Å². The van der Waals surface area contributed by atoms with Crippen LogP contribution in [0.25, 0.3) is 16.6 Å². The van der Waals surface area contributed by atoms with Crippen molar-refractivity contribution < 1.29 is 13.5 Å². The molecular weight excluding hydrogens is 352 g/mol. The van der Waals surface area contributed by atoms with Gasteiger partial charge in [-0.05, 0) is 36.4 Å². The summed E-state index contributed by atoms with van der Waals surface area (Å²) in [6, 6.07) is 13.8. The van der Waals surface area contributed by atoms with Crippen molar-refractivity contribution in [1.29, 1.82) is 0 Å². The van der Waals surface area contributed by atoms with Crippen molar-refractivity contribution in [2.45, 2.75) is 6.61 Å². The van der Waals surface area contributed by atoms with E-state index in [0.29, 0.717) is 11.4 Å². The average molecular weight is 365 g/mol. The monoisotopic (exact) mass is 365 g/mol. The molecular formula is C20H13F2N3O2. The molecule has 0 unspecified atom stereocenters. The lowest BCUT2D eigenvalue weighted by Gasteiger charge is -2.09. The van der Waals surface area contributed by atoms with Gasteiger partial charge in [0, 0.05) is 29.9 Å². The molecule has 0 N–H and O–H groups in total. The lowest BCUT2D eigenvalue weighted by molar-refractivity contribution is 0.298. The first-order valence-electron chi connectivity index (χ1n) is 8.12. The molecule has 5 nitrogen and oxygen atoms in total. The van der Waals surface area contributed by atoms with E-state index in [1.165, 1.54) is 23.0 Å². The fraction of sp³-hybridized carbons (Fsp3) is 0.0500. The third kappa shape index (κ3) is 3.52. The van der Waals surface area contributed by atoms with E-state index < -0.39 is 11.6 Å². The Labute approximate surface area is 152 Å². The van der Waals surface area contributed by atoms with Crippen LogP contribution >= 0.6 is 0 Å². The quantitative estimate of drug-likeness (QED) is 0.554. The summed E-state index contributed by atoms with van der Waals surface area (Å²) < 4.78 is 33.5. The first kappa shape index (κ1) is 16.8. The third-order valence-corrected chi connectivity index (χ3v) is 4.00. The number of hydrogen-bond acceptors (Lipinski definition) is 4. The minimum atomic E-state index is -0.990. The highest BCUT2D eigenvalue weighted by atomic mass is 19.2. The summed E-state index contributed by atoms with van der Waals surface area (Å²) in [5.74, 6) is -1.37. The second-order valence-corrected chi connectivity index (χ2v) is 5.82. The Morgan fingerprint density at radius 3 is 2.74 bits per heavy atom. The summed E-state index contributed by atoms with van der Waals surface area (Å²) in [4.78, 5) is 16.3. The fourth-order valence-corrected chi connectivity index (χ4v) is 2.61. The second-order valence-electron chi connectivity index (χ2n) is 5.82. The van der Waals surface area contributed by atoms with Crippen LogP contribution in [-0.4, -0.2) is 14.8 Å². The number of fused-ring (bicyclic) bond motifs is 1. The largest absolute Gasteiger partial charge is 0.487 e. The van der Waals surface area contributed by atoms with Gasteiger partial charge in [-0.2, -0.15) is 5.10 Å². The van der Waals surface area contributed by atoms with E-state index in [2.05, 4.69) is 10.1 Å². The first-order valence-corrected chi connectivity index (χ1v) is 8.12. The van der Waals surface area contributed by atoms with E-state index in [0.717, 1.165) is 23.0 Å². The maximum Gasteiger partial charge on any atom is 0.206 e. The van der Waals surface area contributed by atoms with Gasteiger partial charge in [0.05, 0.1) is 11.2 Å². The highest BCUT2D eigenvalue weighted by Crippen LogP contribution is 2.19. The zero-order valence-electron chi connectivity index (χ0n) is 14.0. The Kier molecular flexibility index (Phi) is 4.33. The normalized spacial score (nSPS) is 10.9. The van der Waals surface area contributed by atoms with Crippen LogP contribution in [0.3, 0.4) is 0 Å². The number of aromatic nitrogens is 3. The van der Waals surface area contributed by atoms with Crippen LogP contribution in [0.2, 0.25) is 0 Å². The highest BCUT2D eigenvalue weighted by molar-refractivity contribution is 5.79. The van der Waals surface area contributed by atoms with Gasteiger partial charge in [0.2, 0.25) is 5.43 Å². The van der Waals surface area contributed by atoms with Gasteiger partial charge in [0.25, 0.3) is 0 Å². The van der Waals surface area contributed by atoms with Crippen LogP contribution < -0.4 is 10.2 Å². The Bertz CT molecular complexity index is 1190. The Hall–Kier alpha value is -3.61. The van der Waals surface area contributed by atoms with Gasteiger partial charge in [-0.15, -0.1) is 0 Å². The van der Waals surface area contributed by atoms with Crippen molar-refractivity contribution >= 4 is 10.9 Å². The standard InChI is InChI=1S/C20H13F2N3O2/c21-16-5-3-14(11-17(16)22)25-9-7-20(26)19(24-25)12-27-15-4-6-18-13(10-15)2-1-8-23-18/h1-11H,12H2. The summed E-state index contributed by atoms with van der Waals surface area (Å²) >= 11 is 0. The van der Waals surface area contributed by atoms with Crippen molar-refractivity contribution in [2.75, 3.05) is 0 Å². The molecule has 0 atom stereocenters. The number of hydrogen-bond donors (Lipinski definition) is 0.